The van der Waals surface area contributed by atoms with Crippen molar-refractivity contribution >= 4 is 38.9 Å². The number of benzene rings is 1. The Morgan fingerprint density at radius 2 is 2.00 bits per heavy atom. The van der Waals surface area contributed by atoms with Crippen molar-refractivity contribution in [2.24, 2.45) is 0 Å². The van der Waals surface area contributed by atoms with Gasteiger partial charge in [0.05, 0.1) is 9.83 Å². The molecule has 0 radical (unpaired) electrons. The van der Waals surface area contributed by atoms with Gasteiger partial charge in [-0.25, -0.2) is 0 Å². The molecule has 18 heavy (non-hydrogen) atoms. The van der Waals surface area contributed by atoms with E-state index in [1.807, 2.05) is 12.1 Å². The largest absolute Gasteiger partial charge is 0.306 e. The quantitative estimate of drug-likeness (QED) is 0.781. The molecule has 2 aromatic rings. The molecule has 96 valence electrons. The van der Waals surface area contributed by atoms with Gasteiger partial charge in [0.15, 0.2) is 0 Å². The van der Waals surface area contributed by atoms with Gasteiger partial charge >= 0.3 is 0 Å². The van der Waals surface area contributed by atoms with Crippen LogP contribution in [0, 0.1) is 0 Å². The van der Waals surface area contributed by atoms with E-state index >= 15 is 0 Å². The molecular weight excluding hydrogens is 330 g/mol. The van der Waals surface area contributed by atoms with Crippen molar-refractivity contribution < 1.29 is 0 Å². The fourth-order valence-electron chi connectivity index (χ4n) is 1.85. The topological polar surface area (TPSA) is 12.0 Å². The van der Waals surface area contributed by atoms with E-state index in [2.05, 4.69) is 51.7 Å². The predicted octanol–water partition coefficient (Wildman–Crippen LogP) is 5.25. The zero-order valence-electron chi connectivity index (χ0n) is 10.1. The van der Waals surface area contributed by atoms with Crippen LogP contribution in [-0.2, 0) is 0 Å². The molecule has 2 rings (SSSR count). The lowest BCUT2D eigenvalue weighted by Crippen LogP contribution is -2.22. The number of hydrogen-bond donors (Lipinski definition) is 1. The van der Waals surface area contributed by atoms with Crippen molar-refractivity contribution in [3.8, 4) is 0 Å². The minimum atomic E-state index is 0.241. The summed E-state index contributed by atoms with van der Waals surface area (Å²) >= 11 is 11.2. The van der Waals surface area contributed by atoms with Crippen molar-refractivity contribution in [3.63, 3.8) is 0 Å². The van der Waals surface area contributed by atoms with Crippen molar-refractivity contribution in [1.29, 1.82) is 0 Å². The SMILES string of the molecule is CCCNC(c1ccc(Cl)cc1)c1csc(Br)c1. The smallest absolute Gasteiger partial charge is 0.0701 e. The van der Waals surface area contributed by atoms with Gasteiger partial charge in [0.25, 0.3) is 0 Å². The number of thiophene rings is 1. The van der Waals surface area contributed by atoms with E-state index in [4.69, 9.17) is 11.6 Å². The minimum absolute atomic E-state index is 0.241. The van der Waals surface area contributed by atoms with Crippen LogP contribution in [0.5, 0.6) is 0 Å². The van der Waals surface area contributed by atoms with Crippen LogP contribution in [0.1, 0.15) is 30.5 Å². The molecule has 1 heterocycles. The van der Waals surface area contributed by atoms with Crippen molar-refractivity contribution in [1.82, 2.24) is 5.32 Å². The van der Waals surface area contributed by atoms with E-state index in [0.29, 0.717) is 0 Å². The minimum Gasteiger partial charge on any atom is -0.306 e. The summed E-state index contributed by atoms with van der Waals surface area (Å²) in [5.74, 6) is 0. The van der Waals surface area contributed by atoms with Crippen molar-refractivity contribution in [2.75, 3.05) is 6.54 Å². The van der Waals surface area contributed by atoms with E-state index in [1.165, 1.54) is 11.1 Å². The fourth-order valence-corrected chi connectivity index (χ4v) is 3.17. The first-order valence-corrected chi connectivity index (χ1v) is 7.98. The third-order valence-corrected chi connectivity index (χ3v) is 4.50. The first-order chi connectivity index (χ1) is 8.70. The summed E-state index contributed by atoms with van der Waals surface area (Å²) in [6.45, 7) is 3.18. The number of rotatable bonds is 5. The highest BCUT2D eigenvalue weighted by Crippen LogP contribution is 2.29. The highest BCUT2D eigenvalue weighted by atomic mass is 79.9. The molecule has 0 amide bonds. The van der Waals surface area contributed by atoms with Crippen LogP contribution in [0.25, 0.3) is 0 Å². The zero-order valence-corrected chi connectivity index (χ0v) is 13.3. The summed E-state index contributed by atoms with van der Waals surface area (Å²) in [4.78, 5) is 0. The first kappa shape index (κ1) is 14.1. The molecule has 4 heteroatoms. The van der Waals surface area contributed by atoms with Crippen LogP contribution in [0.3, 0.4) is 0 Å². The predicted molar refractivity (Wildman–Crippen MR) is 83.6 cm³/mol. The van der Waals surface area contributed by atoms with E-state index in [0.717, 1.165) is 21.8 Å². The third-order valence-electron chi connectivity index (χ3n) is 2.72. The molecule has 0 bridgehead atoms. The van der Waals surface area contributed by atoms with Crippen LogP contribution in [0.2, 0.25) is 5.02 Å². The molecule has 1 unspecified atom stereocenters. The molecule has 0 fully saturated rings. The maximum absolute atomic E-state index is 5.94. The summed E-state index contributed by atoms with van der Waals surface area (Å²) < 4.78 is 1.16. The summed E-state index contributed by atoms with van der Waals surface area (Å²) in [6, 6.07) is 10.5. The summed E-state index contributed by atoms with van der Waals surface area (Å²) in [7, 11) is 0. The molecule has 1 aromatic heterocycles. The second-order valence-corrected chi connectivity index (χ2v) is 6.85. The summed E-state index contributed by atoms with van der Waals surface area (Å²) in [6.07, 6.45) is 1.12. The lowest BCUT2D eigenvalue weighted by Gasteiger charge is -2.18. The fraction of sp³-hybridized carbons (Fsp3) is 0.286. The van der Waals surface area contributed by atoms with Gasteiger partial charge in [-0.2, -0.15) is 0 Å². The first-order valence-electron chi connectivity index (χ1n) is 5.93. The van der Waals surface area contributed by atoms with Gasteiger partial charge in [-0.1, -0.05) is 30.7 Å². The van der Waals surface area contributed by atoms with Gasteiger partial charge in [-0.3, -0.25) is 0 Å². The van der Waals surface area contributed by atoms with Gasteiger partial charge in [0.2, 0.25) is 0 Å². The molecule has 0 spiro atoms. The third kappa shape index (κ3) is 3.58. The average Bonchev–Trinajstić information content (AvgIpc) is 2.78. The maximum Gasteiger partial charge on any atom is 0.0701 e. The normalized spacial score (nSPS) is 12.6. The van der Waals surface area contributed by atoms with Gasteiger partial charge in [0.1, 0.15) is 0 Å². The summed E-state index contributed by atoms with van der Waals surface area (Å²) in [5, 5.41) is 6.54. The lowest BCUT2D eigenvalue weighted by molar-refractivity contribution is 0.600. The second kappa shape index (κ2) is 6.71. The van der Waals surface area contributed by atoms with E-state index in [9.17, 15) is 0 Å². The van der Waals surface area contributed by atoms with Gasteiger partial charge in [-0.15, -0.1) is 11.3 Å². The summed E-state index contributed by atoms with van der Waals surface area (Å²) in [5.41, 5.74) is 2.54. The molecular formula is C14H15BrClNS. The molecule has 0 aliphatic rings. The van der Waals surface area contributed by atoms with Crippen molar-refractivity contribution in [2.45, 2.75) is 19.4 Å². The molecule has 1 nitrogen and oxygen atoms in total. The van der Waals surface area contributed by atoms with Crippen LogP contribution >= 0.6 is 38.9 Å². The molecule has 1 atom stereocenters. The molecule has 0 aliphatic carbocycles. The van der Waals surface area contributed by atoms with Crippen LogP contribution < -0.4 is 5.32 Å². The molecule has 1 aromatic carbocycles. The number of nitrogens with one attached hydrogen (secondary N) is 1. The van der Waals surface area contributed by atoms with Crippen LogP contribution in [0.4, 0.5) is 0 Å². The maximum atomic E-state index is 5.94. The monoisotopic (exact) mass is 343 g/mol. The highest BCUT2D eigenvalue weighted by molar-refractivity contribution is 9.11. The molecule has 0 saturated carbocycles. The number of halogens is 2. The Bertz CT molecular complexity index is 495. The van der Waals surface area contributed by atoms with E-state index in [1.54, 1.807) is 11.3 Å². The van der Waals surface area contributed by atoms with Crippen molar-refractivity contribution in [3.05, 3.63) is 55.6 Å². The molecule has 1 N–H and O–H groups in total. The Balaban J connectivity index is 2.27. The lowest BCUT2D eigenvalue weighted by atomic mass is 10.0. The highest BCUT2D eigenvalue weighted by Gasteiger charge is 2.14. The zero-order chi connectivity index (χ0) is 13.0. The second-order valence-electron chi connectivity index (χ2n) is 4.12. The Kier molecular flexibility index (Phi) is 5.25. The number of hydrogen-bond acceptors (Lipinski definition) is 2. The Morgan fingerprint density at radius 1 is 1.28 bits per heavy atom. The molecule has 0 saturated heterocycles. The van der Waals surface area contributed by atoms with Crippen LogP contribution in [0.15, 0.2) is 39.5 Å². The average molecular weight is 345 g/mol. The Hall–Kier alpha value is -0.350. The van der Waals surface area contributed by atoms with Gasteiger partial charge < -0.3 is 5.32 Å². The standard InChI is InChI=1S/C14H15BrClNS/c1-2-7-17-14(11-8-13(15)18-9-11)10-3-5-12(16)6-4-10/h3-6,8-9,14,17H,2,7H2,1H3. The van der Waals surface area contributed by atoms with E-state index in [-0.39, 0.29) is 6.04 Å². The Morgan fingerprint density at radius 3 is 2.56 bits per heavy atom. The Labute approximate surface area is 125 Å². The van der Waals surface area contributed by atoms with Crippen LogP contribution in [-0.4, -0.2) is 6.54 Å². The van der Waals surface area contributed by atoms with Gasteiger partial charge in [-0.05, 0) is 63.6 Å². The van der Waals surface area contributed by atoms with E-state index < -0.39 is 0 Å². The molecule has 0 aliphatic heterocycles. The van der Waals surface area contributed by atoms with Gasteiger partial charge in [0, 0.05) is 5.02 Å².